The maximum Gasteiger partial charge on any atom is 0.270 e. The first-order valence-electron chi connectivity index (χ1n) is 10.8. The fourth-order valence-electron chi connectivity index (χ4n) is 4.85. The number of rotatable bonds is 4. The summed E-state index contributed by atoms with van der Waals surface area (Å²) in [6, 6.07) is 17.6. The third-order valence-electron chi connectivity index (χ3n) is 6.49. The van der Waals surface area contributed by atoms with E-state index < -0.39 is 11.5 Å². The Balaban J connectivity index is 1.57. The summed E-state index contributed by atoms with van der Waals surface area (Å²) in [4.78, 5) is 20.0. The standard InChI is InChI=1S/C25H25FN4O2/c26-20-7-3-1-5-17(20)16-30(22-15-18(27)9-12-29-22)24(31)23-25(10-13-28-14-11-25)19-6-2-4-8-21(19)32-23/h1-9,12,15,23,28H,10-11,13-14,16H2,(H2,27,29). The average molecular weight is 432 g/mol. The molecule has 1 unspecified atom stereocenters. The summed E-state index contributed by atoms with van der Waals surface area (Å²) in [5.41, 5.74) is 7.49. The topological polar surface area (TPSA) is 80.5 Å². The molecule has 164 valence electrons. The van der Waals surface area contributed by atoms with Crippen LogP contribution >= 0.6 is 0 Å². The molecule has 1 spiro atoms. The molecule has 32 heavy (non-hydrogen) atoms. The Morgan fingerprint density at radius 2 is 1.91 bits per heavy atom. The predicted octanol–water partition coefficient (Wildman–Crippen LogP) is 3.42. The van der Waals surface area contributed by atoms with E-state index in [1.807, 2.05) is 24.3 Å². The fraction of sp³-hybridized carbons (Fsp3) is 0.280. The van der Waals surface area contributed by atoms with Gasteiger partial charge in [0.1, 0.15) is 17.4 Å². The fourth-order valence-corrected chi connectivity index (χ4v) is 4.85. The van der Waals surface area contributed by atoms with Crippen LogP contribution in [-0.2, 0) is 16.8 Å². The zero-order chi connectivity index (χ0) is 22.1. The lowest BCUT2D eigenvalue weighted by Crippen LogP contribution is -2.54. The molecule has 0 aliphatic carbocycles. The second-order valence-corrected chi connectivity index (χ2v) is 8.36. The van der Waals surface area contributed by atoms with Gasteiger partial charge in [-0.3, -0.25) is 9.69 Å². The van der Waals surface area contributed by atoms with E-state index in [4.69, 9.17) is 10.5 Å². The molecule has 2 aliphatic rings. The van der Waals surface area contributed by atoms with Crippen LogP contribution in [0.1, 0.15) is 24.0 Å². The number of nitrogens with two attached hydrogens (primary N) is 1. The van der Waals surface area contributed by atoms with E-state index in [-0.39, 0.29) is 18.3 Å². The monoisotopic (exact) mass is 432 g/mol. The molecule has 5 rings (SSSR count). The molecule has 1 amide bonds. The summed E-state index contributed by atoms with van der Waals surface area (Å²) in [5, 5.41) is 3.38. The molecule has 0 saturated carbocycles. The van der Waals surface area contributed by atoms with Crippen molar-refractivity contribution in [2.24, 2.45) is 0 Å². The minimum Gasteiger partial charge on any atom is -0.479 e. The largest absolute Gasteiger partial charge is 0.479 e. The number of anilines is 2. The van der Waals surface area contributed by atoms with E-state index in [1.165, 1.54) is 11.0 Å². The second-order valence-electron chi connectivity index (χ2n) is 8.36. The van der Waals surface area contributed by atoms with Crippen molar-refractivity contribution < 1.29 is 13.9 Å². The van der Waals surface area contributed by atoms with Gasteiger partial charge in [-0.1, -0.05) is 36.4 Å². The van der Waals surface area contributed by atoms with Crippen molar-refractivity contribution in [2.45, 2.75) is 30.9 Å². The Morgan fingerprint density at radius 1 is 1.16 bits per heavy atom. The van der Waals surface area contributed by atoms with Gasteiger partial charge in [-0.25, -0.2) is 9.37 Å². The van der Waals surface area contributed by atoms with Crippen molar-refractivity contribution in [1.82, 2.24) is 10.3 Å². The van der Waals surface area contributed by atoms with Crippen LogP contribution in [0.2, 0.25) is 0 Å². The first kappa shape index (κ1) is 20.5. The second kappa shape index (κ2) is 8.24. The van der Waals surface area contributed by atoms with Crippen LogP contribution in [0.3, 0.4) is 0 Å². The van der Waals surface area contributed by atoms with Gasteiger partial charge in [0.05, 0.1) is 6.54 Å². The Hall–Kier alpha value is -3.45. The van der Waals surface area contributed by atoms with Crippen LogP contribution in [-0.4, -0.2) is 30.1 Å². The van der Waals surface area contributed by atoms with Crippen LogP contribution in [0.4, 0.5) is 15.9 Å². The number of hydrogen-bond donors (Lipinski definition) is 2. The summed E-state index contributed by atoms with van der Waals surface area (Å²) < 4.78 is 20.8. The molecule has 2 aliphatic heterocycles. The van der Waals surface area contributed by atoms with Crippen molar-refractivity contribution in [3.05, 3.63) is 83.8 Å². The van der Waals surface area contributed by atoms with Gasteiger partial charge >= 0.3 is 0 Å². The number of carbonyl (C=O) groups is 1. The van der Waals surface area contributed by atoms with Crippen molar-refractivity contribution in [2.75, 3.05) is 23.7 Å². The molecule has 1 atom stereocenters. The van der Waals surface area contributed by atoms with Gasteiger partial charge in [-0.2, -0.15) is 0 Å². The van der Waals surface area contributed by atoms with Crippen molar-refractivity contribution in [3.63, 3.8) is 0 Å². The highest BCUT2D eigenvalue weighted by Gasteiger charge is 2.54. The number of halogens is 1. The van der Waals surface area contributed by atoms with E-state index in [0.29, 0.717) is 17.1 Å². The van der Waals surface area contributed by atoms with Crippen LogP contribution in [0.25, 0.3) is 0 Å². The molecule has 3 heterocycles. The van der Waals surface area contributed by atoms with Gasteiger partial charge in [-0.05, 0) is 44.1 Å². The Kier molecular flexibility index (Phi) is 5.27. The lowest BCUT2D eigenvalue weighted by molar-refractivity contribution is -0.128. The van der Waals surface area contributed by atoms with Crippen LogP contribution in [0.5, 0.6) is 5.75 Å². The lowest BCUT2D eigenvalue weighted by atomic mass is 9.70. The molecule has 0 bridgehead atoms. The number of para-hydroxylation sites is 1. The van der Waals surface area contributed by atoms with E-state index >= 15 is 0 Å². The number of benzene rings is 2. The van der Waals surface area contributed by atoms with E-state index in [0.717, 1.165) is 37.2 Å². The van der Waals surface area contributed by atoms with E-state index in [9.17, 15) is 9.18 Å². The molecule has 3 aromatic rings. The molecule has 1 fully saturated rings. The number of amides is 1. The van der Waals surface area contributed by atoms with Crippen molar-refractivity contribution in [1.29, 1.82) is 0 Å². The minimum absolute atomic E-state index is 0.0342. The van der Waals surface area contributed by atoms with Crippen LogP contribution in [0.15, 0.2) is 66.9 Å². The highest BCUT2D eigenvalue weighted by atomic mass is 19.1. The van der Waals surface area contributed by atoms with Crippen molar-refractivity contribution in [3.8, 4) is 5.75 Å². The molecule has 7 heteroatoms. The van der Waals surface area contributed by atoms with Crippen LogP contribution < -0.4 is 20.7 Å². The number of carbonyl (C=O) groups excluding carboxylic acids is 1. The number of nitrogens with zero attached hydrogens (tertiary/aromatic N) is 2. The minimum atomic E-state index is -0.725. The molecule has 1 aromatic heterocycles. The summed E-state index contributed by atoms with van der Waals surface area (Å²) in [6.07, 6.45) is 2.38. The SMILES string of the molecule is Nc1ccnc(N(Cc2ccccc2F)C(=O)C2Oc3ccccc3C23CCNCC3)c1. The van der Waals surface area contributed by atoms with Gasteiger partial charge in [0.25, 0.3) is 5.91 Å². The zero-order valence-corrected chi connectivity index (χ0v) is 17.6. The number of pyridine rings is 1. The smallest absolute Gasteiger partial charge is 0.270 e. The lowest BCUT2D eigenvalue weighted by Gasteiger charge is -2.39. The Morgan fingerprint density at radius 3 is 2.69 bits per heavy atom. The Labute approximate surface area is 186 Å². The van der Waals surface area contributed by atoms with Gasteiger partial charge < -0.3 is 15.8 Å². The maximum absolute atomic E-state index is 14.5. The van der Waals surface area contributed by atoms with E-state index in [1.54, 1.807) is 36.5 Å². The van der Waals surface area contributed by atoms with Gasteiger partial charge in [0.15, 0.2) is 6.10 Å². The number of ether oxygens (including phenoxy) is 1. The first-order valence-corrected chi connectivity index (χ1v) is 10.8. The Bertz CT molecular complexity index is 1150. The third kappa shape index (κ3) is 3.48. The summed E-state index contributed by atoms with van der Waals surface area (Å²) in [7, 11) is 0. The number of hydrogen-bond acceptors (Lipinski definition) is 5. The summed E-state index contributed by atoms with van der Waals surface area (Å²) in [6.45, 7) is 1.63. The normalized spacial score (nSPS) is 18.7. The molecular weight excluding hydrogens is 407 g/mol. The molecule has 6 nitrogen and oxygen atoms in total. The molecular formula is C25H25FN4O2. The van der Waals surface area contributed by atoms with Gasteiger partial charge in [-0.15, -0.1) is 0 Å². The number of piperidine rings is 1. The molecule has 3 N–H and O–H groups in total. The third-order valence-corrected chi connectivity index (χ3v) is 6.49. The summed E-state index contributed by atoms with van der Waals surface area (Å²) in [5.74, 6) is 0.492. The predicted molar refractivity (Wildman–Crippen MR) is 121 cm³/mol. The molecule has 1 saturated heterocycles. The number of fused-ring (bicyclic) bond motifs is 2. The molecule has 2 aromatic carbocycles. The molecule has 0 radical (unpaired) electrons. The van der Waals surface area contributed by atoms with E-state index in [2.05, 4.69) is 10.3 Å². The van der Waals surface area contributed by atoms with Gasteiger partial charge in [0, 0.05) is 34.5 Å². The number of nitrogen functional groups attached to an aromatic ring is 1. The van der Waals surface area contributed by atoms with Crippen molar-refractivity contribution >= 4 is 17.4 Å². The first-order chi connectivity index (χ1) is 15.6. The summed E-state index contributed by atoms with van der Waals surface area (Å²) >= 11 is 0. The average Bonchev–Trinajstić information content (AvgIpc) is 3.12. The highest BCUT2D eigenvalue weighted by Crippen LogP contribution is 2.49. The maximum atomic E-state index is 14.5. The number of aromatic nitrogens is 1. The van der Waals surface area contributed by atoms with Crippen LogP contribution in [0, 0.1) is 5.82 Å². The zero-order valence-electron chi connectivity index (χ0n) is 17.6. The quantitative estimate of drug-likeness (QED) is 0.660. The number of nitrogens with one attached hydrogen (secondary N) is 1. The highest BCUT2D eigenvalue weighted by molar-refractivity contribution is 5.98. The van der Waals surface area contributed by atoms with Gasteiger partial charge in [0.2, 0.25) is 0 Å².